The van der Waals surface area contributed by atoms with Gasteiger partial charge in [0.25, 0.3) is 0 Å². The van der Waals surface area contributed by atoms with Crippen molar-refractivity contribution < 1.29 is 4.79 Å². The topological polar surface area (TPSA) is 58.4 Å². The summed E-state index contributed by atoms with van der Waals surface area (Å²) >= 11 is 0. The third-order valence-corrected chi connectivity index (χ3v) is 4.86. The fourth-order valence-electron chi connectivity index (χ4n) is 3.58. The maximum Gasteiger partial charge on any atom is 0.240 e. The second kappa shape index (κ2) is 7.60. The number of benzene rings is 2. The largest absolute Gasteiger partial charge is 0.398 e. The molecule has 0 spiro atoms. The second-order valence-electron chi connectivity index (χ2n) is 7.07. The fourth-order valence-corrected chi connectivity index (χ4v) is 3.58. The maximum atomic E-state index is 12.7. The third kappa shape index (κ3) is 3.95. The lowest BCUT2D eigenvalue weighted by molar-refractivity contribution is -0.120. The van der Waals surface area contributed by atoms with Gasteiger partial charge in [-0.15, -0.1) is 0 Å². The highest BCUT2D eigenvalue weighted by Crippen LogP contribution is 2.31. The zero-order valence-corrected chi connectivity index (χ0v) is 15.0. The van der Waals surface area contributed by atoms with Gasteiger partial charge in [-0.3, -0.25) is 4.79 Å². The first-order valence-electron chi connectivity index (χ1n) is 9.03. The van der Waals surface area contributed by atoms with Gasteiger partial charge in [-0.25, -0.2) is 0 Å². The molecular weight excluding hydrogens is 310 g/mol. The molecule has 0 aliphatic carbocycles. The van der Waals surface area contributed by atoms with Crippen LogP contribution in [0.25, 0.3) is 0 Å². The number of hydrogen-bond acceptors (Lipinski definition) is 3. The molecule has 3 N–H and O–H groups in total. The first kappa shape index (κ1) is 17.3. The molecule has 25 heavy (non-hydrogen) atoms. The van der Waals surface area contributed by atoms with E-state index in [1.54, 1.807) is 0 Å². The van der Waals surface area contributed by atoms with Crippen molar-refractivity contribution in [3.63, 3.8) is 0 Å². The third-order valence-electron chi connectivity index (χ3n) is 4.86. The number of nitrogens with two attached hydrogens (primary N) is 1. The number of carbonyl (C=O) groups excluding carboxylic acids is 1. The molecule has 4 nitrogen and oxygen atoms in total. The zero-order valence-electron chi connectivity index (χ0n) is 15.0. The Kier molecular flexibility index (Phi) is 5.27. The Bertz CT molecular complexity index is 727. The summed E-state index contributed by atoms with van der Waals surface area (Å²) in [7, 11) is 0. The van der Waals surface area contributed by atoms with Gasteiger partial charge in [-0.2, -0.15) is 0 Å². The van der Waals surface area contributed by atoms with Crippen molar-refractivity contribution in [3.05, 3.63) is 59.7 Å². The number of hydrogen-bond donors (Lipinski definition) is 2. The van der Waals surface area contributed by atoms with Crippen LogP contribution in [0, 0.1) is 5.92 Å². The highest BCUT2D eigenvalue weighted by Gasteiger charge is 2.23. The van der Waals surface area contributed by atoms with Gasteiger partial charge in [0.2, 0.25) is 5.91 Å². The number of anilines is 2. The number of fused-ring (bicyclic) bond motifs is 1. The van der Waals surface area contributed by atoms with Crippen LogP contribution in [-0.2, 0) is 11.2 Å². The highest BCUT2D eigenvalue weighted by atomic mass is 16.2. The SMILES string of the molecule is CC(C)C(NC(=O)CN1CCCc2c(N)cccc21)c1ccccc1. The summed E-state index contributed by atoms with van der Waals surface area (Å²) in [6, 6.07) is 16.2. The lowest BCUT2D eigenvalue weighted by atomic mass is 9.96. The predicted octanol–water partition coefficient (Wildman–Crippen LogP) is 3.53. The van der Waals surface area contributed by atoms with E-state index >= 15 is 0 Å². The van der Waals surface area contributed by atoms with E-state index in [2.05, 4.69) is 42.3 Å². The van der Waals surface area contributed by atoms with Crippen molar-refractivity contribution in [2.45, 2.75) is 32.7 Å². The molecule has 0 bridgehead atoms. The summed E-state index contributed by atoms with van der Waals surface area (Å²) in [6.07, 6.45) is 2.01. The quantitative estimate of drug-likeness (QED) is 0.821. The average Bonchev–Trinajstić information content (AvgIpc) is 2.61. The summed E-state index contributed by atoms with van der Waals surface area (Å²) in [6.45, 7) is 5.53. The number of carbonyl (C=O) groups is 1. The Morgan fingerprint density at radius 2 is 1.92 bits per heavy atom. The molecule has 3 rings (SSSR count). The van der Waals surface area contributed by atoms with Crippen LogP contribution < -0.4 is 16.0 Å². The van der Waals surface area contributed by atoms with Gasteiger partial charge in [0.15, 0.2) is 0 Å². The molecule has 4 heteroatoms. The van der Waals surface area contributed by atoms with Crippen molar-refractivity contribution in [1.29, 1.82) is 0 Å². The molecule has 1 unspecified atom stereocenters. The predicted molar refractivity (Wildman–Crippen MR) is 104 cm³/mol. The van der Waals surface area contributed by atoms with E-state index < -0.39 is 0 Å². The summed E-state index contributed by atoms with van der Waals surface area (Å²) in [5, 5.41) is 3.21. The minimum Gasteiger partial charge on any atom is -0.398 e. The van der Waals surface area contributed by atoms with E-state index in [9.17, 15) is 4.79 Å². The summed E-state index contributed by atoms with van der Waals surface area (Å²) < 4.78 is 0. The standard InChI is InChI=1S/C21H27N3O/c1-15(2)21(16-8-4-3-5-9-16)23-20(25)14-24-13-7-10-17-18(22)11-6-12-19(17)24/h3-6,8-9,11-12,15,21H,7,10,13-14,22H2,1-2H3,(H,23,25). The molecule has 2 aromatic rings. The van der Waals surface area contributed by atoms with Gasteiger partial charge >= 0.3 is 0 Å². The van der Waals surface area contributed by atoms with Crippen LogP contribution in [-0.4, -0.2) is 19.0 Å². The Labute approximate surface area is 150 Å². The van der Waals surface area contributed by atoms with Crippen molar-refractivity contribution in [2.24, 2.45) is 5.92 Å². The van der Waals surface area contributed by atoms with Crippen LogP contribution in [0.5, 0.6) is 0 Å². The Balaban J connectivity index is 1.72. The molecule has 1 heterocycles. The van der Waals surface area contributed by atoms with Gasteiger partial charge in [-0.1, -0.05) is 50.2 Å². The van der Waals surface area contributed by atoms with Crippen molar-refractivity contribution in [3.8, 4) is 0 Å². The summed E-state index contributed by atoms with van der Waals surface area (Å²) in [5.74, 6) is 0.383. The molecule has 0 aromatic heterocycles. The average molecular weight is 337 g/mol. The van der Waals surface area contributed by atoms with Crippen molar-refractivity contribution >= 4 is 17.3 Å². The fraction of sp³-hybridized carbons (Fsp3) is 0.381. The lowest BCUT2D eigenvalue weighted by Gasteiger charge is -2.32. The van der Waals surface area contributed by atoms with Crippen molar-refractivity contribution in [2.75, 3.05) is 23.7 Å². The molecule has 0 saturated carbocycles. The number of rotatable bonds is 5. The zero-order chi connectivity index (χ0) is 17.8. The van der Waals surface area contributed by atoms with E-state index in [4.69, 9.17) is 5.73 Å². The minimum absolute atomic E-state index is 0.0267. The molecule has 2 aromatic carbocycles. The number of nitrogen functional groups attached to an aromatic ring is 1. The summed E-state index contributed by atoms with van der Waals surface area (Å²) in [5.41, 5.74) is 10.3. The Morgan fingerprint density at radius 3 is 2.64 bits per heavy atom. The molecule has 1 aliphatic rings. The highest BCUT2D eigenvalue weighted by molar-refractivity contribution is 5.83. The minimum atomic E-state index is 0.0267. The van der Waals surface area contributed by atoms with E-state index in [0.717, 1.165) is 36.3 Å². The monoisotopic (exact) mass is 337 g/mol. The lowest BCUT2D eigenvalue weighted by Crippen LogP contribution is -2.42. The second-order valence-corrected chi connectivity index (χ2v) is 7.07. The molecule has 1 atom stereocenters. The van der Waals surface area contributed by atoms with Gasteiger partial charge in [0.05, 0.1) is 12.6 Å². The van der Waals surface area contributed by atoms with E-state index in [1.807, 2.05) is 30.3 Å². The van der Waals surface area contributed by atoms with Gasteiger partial charge < -0.3 is 16.0 Å². The van der Waals surface area contributed by atoms with Crippen LogP contribution >= 0.6 is 0 Å². The smallest absolute Gasteiger partial charge is 0.240 e. The van der Waals surface area contributed by atoms with E-state index in [0.29, 0.717) is 12.5 Å². The van der Waals surface area contributed by atoms with Crippen molar-refractivity contribution in [1.82, 2.24) is 5.32 Å². The molecule has 0 saturated heterocycles. The first-order chi connectivity index (χ1) is 12.1. The van der Waals surface area contributed by atoms with Crippen LogP contribution in [0.4, 0.5) is 11.4 Å². The number of amides is 1. The summed E-state index contributed by atoms with van der Waals surface area (Å²) in [4.78, 5) is 14.9. The molecule has 0 radical (unpaired) electrons. The number of nitrogens with zero attached hydrogens (tertiary/aromatic N) is 1. The molecule has 0 fully saturated rings. The van der Waals surface area contributed by atoms with Gasteiger partial charge in [0.1, 0.15) is 0 Å². The van der Waals surface area contributed by atoms with Gasteiger partial charge in [-0.05, 0) is 42.0 Å². The molecular formula is C21H27N3O. The molecule has 1 amide bonds. The van der Waals surface area contributed by atoms with Crippen LogP contribution in [0.1, 0.15) is 37.4 Å². The molecule has 132 valence electrons. The van der Waals surface area contributed by atoms with E-state index in [1.165, 1.54) is 5.56 Å². The number of nitrogens with one attached hydrogen (secondary N) is 1. The van der Waals surface area contributed by atoms with Crippen LogP contribution in [0.2, 0.25) is 0 Å². The normalized spacial score (nSPS) is 14.9. The van der Waals surface area contributed by atoms with Crippen LogP contribution in [0.15, 0.2) is 48.5 Å². The van der Waals surface area contributed by atoms with Crippen LogP contribution in [0.3, 0.4) is 0 Å². The maximum absolute atomic E-state index is 12.7. The molecule has 1 aliphatic heterocycles. The Hall–Kier alpha value is -2.49. The Morgan fingerprint density at radius 1 is 1.16 bits per heavy atom. The first-order valence-corrected chi connectivity index (χ1v) is 9.03. The van der Waals surface area contributed by atoms with Gasteiger partial charge in [0, 0.05) is 17.9 Å². The van der Waals surface area contributed by atoms with E-state index in [-0.39, 0.29) is 11.9 Å².